The molecule has 0 aliphatic carbocycles. The molecule has 0 aliphatic rings. The zero-order valence-electron chi connectivity index (χ0n) is 14.6. The number of Topliss-reactive ketones (excluding diaryl/α,β-unsaturated/α-hetero) is 1. The number of hydrogen-bond donors (Lipinski definition) is 3. The predicted octanol–water partition coefficient (Wildman–Crippen LogP) is 1.87. The zero-order chi connectivity index (χ0) is 16.8. The average molecular weight is 384 g/mol. The molecule has 1 atom stereocenters. The summed E-state index contributed by atoms with van der Waals surface area (Å²) >= 11 is 0. The van der Waals surface area contributed by atoms with Crippen molar-refractivity contribution in [3.05, 3.63) is 0 Å². The average Bonchev–Trinajstić information content (AvgIpc) is 2.13. The molecule has 0 aromatic carbocycles. The molecular formula is C15H32O5Zr. The van der Waals surface area contributed by atoms with E-state index in [1.807, 2.05) is 20.8 Å². The van der Waals surface area contributed by atoms with Gasteiger partial charge < -0.3 is 20.1 Å². The Morgan fingerprint density at radius 3 is 1.52 bits per heavy atom. The van der Waals surface area contributed by atoms with Crippen LogP contribution in [0.25, 0.3) is 0 Å². The third-order valence-corrected chi connectivity index (χ3v) is 3.05. The van der Waals surface area contributed by atoms with Crippen molar-refractivity contribution in [2.24, 2.45) is 5.41 Å². The van der Waals surface area contributed by atoms with Gasteiger partial charge in [-0.15, -0.1) is 0 Å². The molecule has 5 nitrogen and oxygen atoms in total. The molecule has 0 spiro atoms. The fourth-order valence-corrected chi connectivity index (χ4v) is 0.716. The van der Waals surface area contributed by atoms with Crippen LogP contribution in [0.15, 0.2) is 0 Å². The van der Waals surface area contributed by atoms with Gasteiger partial charge in [-0.1, -0.05) is 20.8 Å². The Morgan fingerprint density at radius 2 is 1.33 bits per heavy atom. The van der Waals surface area contributed by atoms with Gasteiger partial charge in [0.1, 0.15) is 5.78 Å². The van der Waals surface area contributed by atoms with Crippen molar-refractivity contribution in [1.29, 1.82) is 0 Å². The van der Waals surface area contributed by atoms with Gasteiger partial charge in [0.15, 0.2) is 6.29 Å². The van der Waals surface area contributed by atoms with Crippen LogP contribution in [0.2, 0.25) is 0 Å². The Bertz CT molecular complexity index is 272. The number of ketones is 1. The second kappa shape index (κ2) is 10.2. The normalized spacial score (nSPS) is 13.7. The van der Waals surface area contributed by atoms with Crippen molar-refractivity contribution < 1.29 is 51.1 Å². The molecule has 0 bridgehead atoms. The van der Waals surface area contributed by atoms with Crippen molar-refractivity contribution in [3.8, 4) is 0 Å². The molecule has 21 heavy (non-hydrogen) atoms. The molecule has 3 N–H and O–H groups in total. The van der Waals surface area contributed by atoms with Crippen LogP contribution in [0.4, 0.5) is 0 Å². The maximum absolute atomic E-state index is 11.3. The van der Waals surface area contributed by atoms with Gasteiger partial charge >= 0.3 is 0 Å². The molecule has 0 radical (unpaired) electrons. The van der Waals surface area contributed by atoms with Gasteiger partial charge in [0.2, 0.25) is 0 Å². The number of carbonyl (C=O) groups excluding carboxylic acids is 1. The smallest absolute Gasteiger partial charge is 0.161 e. The topological polar surface area (TPSA) is 87.0 Å². The summed E-state index contributed by atoms with van der Waals surface area (Å²) < 4.78 is 4.84. The maximum atomic E-state index is 11.3. The Balaban J connectivity index is -0.000000317. The van der Waals surface area contributed by atoms with Crippen LogP contribution >= 0.6 is 0 Å². The molecule has 0 rings (SSSR count). The molecule has 0 aliphatic heterocycles. The van der Waals surface area contributed by atoms with Gasteiger partial charge in [0.25, 0.3) is 0 Å². The number of aliphatic hydroxyl groups excluding tert-OH is 1. The van der Waals surface area contributed by atoms with Crippen LogP contribution < -0.4 is 0 Å². The summed E-state index contributed by atoms with van der Waals surface area (Å²) in [6.07, 6.45) is -0.862. The molecular weight excluding hydrogens is 351 g/mol. The van der Waals surface area contributed by atoms with Gasteiger partial charge in [0.05, 0.1) is 17.6 Å². The summed E-state index contributed by atoms with van der Waals surface area (Å²) in [5, 5.41) is 27.3. The van der Waals surface area contributed by atoms with E-state index in [1.165, 1.54) is 0 Å². The van der Waals surface area contributed by atoms with Crippen molar-refractivity contribution in [1.82, 2.24) is 0 Å². The predicted molar refractivity (Wildman–Crippen MR) is 79.3 cm³/mol. The van der Waals surface area contributed by atoms with Crippen LogP contribution in [0.1, 0.15) is 61.8 Å². The van der Waals surface area contributed by atoms with E-state index in [1.54, 1.807) is 34.6 Å². The minimum atomic E-state index is -1.01. The molecule has 0 saturated heterocycles. The van der Waals surface area contributed by atoms with Gasteiger partial charge in [-0.3, -0.25) is 4.79 Å². The number of carbonyl (C=O) groups is 1. The van der Waals surface area contributed by atoms with Gasteiger partial charge in [-0.2, -0.15) is 0 Å². The number of rotatable bonds is 5. The quantitative estimate of drug-likeness (QED) is 0.631. The summed E-state index contributed by atoms with van der Waals surface area (Å²) in [5.74, 6) is 0.0171. The van der Waals surface area contributed by atoms with E-state index in [4.69, 9.17) is 20.1 Å². The molecule has 0 fully saturated rings. The number of hydrogen-bond acceptors (Lipinski definition) is 5. The molecule has 1 unspecified atom stereocenters. The second-order valence-corrected chi connectivity index (χ2v) is 6.91. The molecule has 0 aromatic heterocycles. The van der Waals surface area contributed by atoms with Crippen molar-refractivity contribution in [3.63, 3.8) is 0 Å². The summed E-state index contributed by atoms with van der Waals surface area (Å²) in [5.41, 5.74) is -2.40. The van der Waals surface area contributed by atoms with E-state index < -0.39 is 22.9 Å². The van der Waals surface area contributed by atoms with Crippen LogP contribution in [-0.2, 0) is 35.7 Å². The van der Waals surface area contributed by atoms with Crippen molar-refractivity contribution in [2.45, 2.75) is 79.3 Å². The van der Waals surface area contributed by atoms with Crippen LogP contribution in [0, 0.1) is 5.41 Å². The second-order valence-electron chi connectivity index (χ2n) is 6.91. The van der Waals surface area contributed by atoms with Crippen LogP contribution in [0.5, 0.6) is 0 Å². The molecule has 126 valence electrons. The first-order valence-electron chi connectivity index (χ1n) is 6.90. The summed E-state index contributed by atoms with van der Waals surface area (Å²) in [7, 11) is 0. The van der Waals surface area contributed by atoms with E-state index >= 15 is 0 Å². The van der Waals surface area contributed by atoms with E-state index in [-0.39, 0.29) is 38.4 Å². The number of aliphatic hydroxyl groups is 3. The fraction of sp³-hybridized carbons (Fsp3) is 0.933. The standard InChI is InChI=1S/C9H18O3.C6H14O2.Zr/c1-5-12-8(11)6-7(10)9(2,3)4;1-5(2,7)6(3,4)8;/h8,11H,5-6H2,1-4H3;7-8H,1-4H3;. The van der Waals surface area contributed by atoms with E-state index in [2.05, 4.69) is 0 Å². The first-order chi connectivity index (χ1) is 8.63. The van der Waals surface area contributed by atoms with Gasteiger partial charge in [0, 0.05) is 38.2 Å². The van der Waals surface area contributed by atoms with E-state index in [9.17, 15) is 4.79 Å². The summed E-state index contributed by atoms with van der Waals surface area (Å²) in [4.78, 5) is 11.3. The Kier molecular flexibility index (Phi) is 12.8. The van der Waals surface area contributed by atoms with Gasteiger partial charge in [-0.05, 0) is 34.6 Å². The Labute approximate surface area is 148 Å². The summed E-state index contributed by atoms with van der Waals surface area (Å²) in [6, 6.07) is 0. The maximum Gasteiger partial charge on any atom is 0.161 e. The first-order valence-corrected chi connectivity index (χ1v) is 6.90. The Hall–Kier alpha value is 0.393. The minimum Gasteiger partial charge on any atom is -0.387 e. The molecule has 0 saturated carbocycles. The third-order valence-electron chi connectivity index (χ3n) is 3.05. The third kappa shape index (κ3) is 13.8. The monoisotopic (exact) mass is 382 g/mol. The van der Waals surface area contributed by atoms with Gasteiger partial charge in [-0.25, -0.2) is 0 Å². The minimum absolute atomic E-state index is 0. The van der Waals surface area contributed by atoms with Crippen LogP contribution in [-0.4, -0.2) is 45.2 Å². The molecule has 6 heteroatoms. The SMILES string of the molecule is CC(C)(O)C(C)(C)O.CCOC(O)CC(=O)C(C)(C)C.[Zr]. The van der Waals surface area contributed by atoms with Crippen molar-refractivity contribution in [2.75, 3.05) is 6.61 Å². The molecule has 0 amide bonds. The largest absolute Gasteiger partial charge is 0.387 e. The van der Waals surface area contributed by atoms with Crippen LogP contribution in [0.3, 0.4) is 0 Å². The van der Waals surface area contributed by atoms with E-state index in [0.717, 1.165) is 0 Å². The van der Waals surface area contributed by atoms with Crippen molar-refractivity contribution >= 4 is 5.78 Å². The molecule has 0 aromatic rings. The zero-order valence-corrected chi connectivity index (χ0v) is 17.1. The molecule has 0 heterocycles. The number of ether oxygens (including phenoxy) is 1. The Morgan fingerprint density at radius 1 is 1.00 bits per heavy atom. The fourth-order valence-electron chi connectivity index (χ4n) is 0.716. The van der Waals surface area contributed by atoms with E-state index in [0.29, 0.717) is 6.61 Å². The first kappa shape index (κ1) is 26.3. The summed E-state index contributed by atoms with van der Waals surface area (Å²) in [6.45, 7) is 14.0.